The molecule has 0 bridgehead atoms. The van der Waals surface area contributed by atoms with Gasteiger partial charge in [0.05, 0.1) is 16.1 Å². The molecular formula is C22H15ClN4S. The minimum atomic E-state index is 0.510. The third-order valence-corrected chi connectivity index (χ3v) is 5.63. The molecule has 0 aliphatic heterocycles. The van der Waals surface area contributed by atoms with E-state index in [4.69, 9.17) is 11.6 Å². The van der Waals surface area contributed by atoms with E-state index in [1.165, 1.54) is 0 Å². The molecule has 6 heteroatoms. The fraction of sp³-hybridized carbons (Fsp3) is 0.0455. The Bertz CT molecular complexity index is 1160. The van der Waals surface area contributed by atoms with Crippen molar-refractivity contribution in [3.05, 3.63) is 82.3 Å². The summed E-state index contributed by atoms with van der Waals surface area (Å²) in [6.07, 6.45) is 1.72. The highest BCUT2D eigenvalue weighted by Gasteiger charge is 2.20. The summed E-state index contributed by atoms with van der Waals surface area (Å²) < 4.78 is 0. The second kappa shape index (κ2) is 7.81. The smallest absolute Gasteiger partial charge is 0.227 e. The van der Waals surface area contributed by atoms with Crippen LogP contribution in [0.3, 0.4) is 0 Å². The molecule has 136 valence electrons. The molecule has 2 aromatic heterocycles. The van der Waals surface area contributed by atoms with Crippen molar-refractivity contribution in [2.24, 2.45) is 0 Å². The second-order valence-corrected chi connectivity index (χ2v) is 7.77. The van der Waals surface area contributed by atoms with Crippen LogP contribution in [-0.4, -0.2) is 9.97 Å². The zero-order valence-corrected chi connectivity index (χ0v) is 16.6. The molecule has 0 fully saturated rings. The Kier molecular flexibility index (Phi) is 5.07. The van der Waals surface area contributed by atoms with Gasteiger partial charge in [0.15, 0.2) is 0 Å². The van der Waals surface area contributed by atoms with Crippen molar-refractivity contribution in [1.82, 2.24) is 9.97 Å². The maximum Gasteiger partial charge on any atom is 0.227 e. The number of thiophene rings is 1. The molecule has 0 unspecified atom stereocenters. The molecule has 28 heavy (non-hydrogen) atoms. The van der Waals surface area contributed by atoms with E-state index in [0.29, 0.717) is 16.5 Å². The number of rotatable bonds is 4. The van der Waals surface area contributed by atoms with E-state index in [9.17, 15) is 5.26 Å². The van der Waals surface area contributed by atoms with Crippen LogP contribution in [0.15, 0.2) is 66.9 Å². The minimum absolute atomic E-state index is 0.510. The van der Waals surface area contributed by atoms with E-state index in [2.05, 4.69) is 21.4 Å². The van der Waals surface area contributed by atoms with E-state index < -0.39 is 0 Å². The summed E-state index contributed by atoms with van der Waals surface area (Å²) in [6.45, 7) is 1.95. The van der Waals surface area contributed by atoms with Crippen molar-refractivity contribution >= 4 is 34.6 Å². The molecule has 0 atom stereocenters. The molecule has 0 saturated carbocycles. The molecule has 0 radical (unpaired) electrons. The number of anilines is 2. The van der Waals surface area contributed by atoms with E-state index >= 15 is 0 Å². The van der Waals surface area contributed by atoms with Gasteiger partial charge in [0.2, 0.25) is 5.95 Å². The van der Waals surface area contributed by atoms with Gasteiger partial charge in [0.1, 0.15) is 6.07 Å². The van der Waals surface area contributed by atoms with Crippen LogP contribution < -0.4 is 5.32 Å². The minimum Gasteiger partial charge on any atom is -0.324 e. The number of aryl methyl sites for hydroxylation is 1. The molecule has 0 amide bonds. The number of nitrogens with one attached hydrogen (secondary N) is 1. The zero-order valence-electron chi connectivity index (χ0n) is 15.0. The molecule has 0 saturated heterocycles. The predicted molar refractivity (Wildman–Crippen MR) is 115 cm³/mol. The Morgan fingerprint density at radius 3 is 2.50 bits per heavy atom. The quantitative estimate of drug-likeness (QED) is 0.426. The van der Waals surface area contributed by atoms with Gasteiger partial charge in [-0.3, -0.25) is 0 Å². The summed E-state index contributed by atoms with van der Waals surface area (Å²) >= 11 is 7.60. The summed E-state index contributed by atoms with van der Waals surface area (Å²) in [6, 6.07) is 21.5. The van der Waals surface area contributed by atoms with Crippen LogP contribution in [0.5, 0.6) is 0 Å². The van der Waals surface area contributed by atoms with Gasteiger partial charge in [-0.1, -0.05) is 41.9 Å². The predicted octanol–water partition coefficient (Wildman–Crippen LogP) is 6.45. The van der Waals surface area contributed by atoms with Crippen LogP contribution >= 0.6 is 22.9 Å². The molecular weight excluding hydrogens is 388 g/mol. The third-order valence-electron chi connectivity index (χ3n) is 4.25. The molecule has 1 N–H and O–H groups in total. The maximum absolute atomic E-state index is 9.71. The van der Waals surface area contributed by atoms with Crippen molar-refractivity contribution in [3.8, 4) is 27.8 Å². The number of nitriles is 1. The zero-order chi connectivity index (χ0) is 19.5. The second-order valence-electron chi connectivity index (χ2n) is 6.11. The maximum atomic E-state index is 9.71. The van der Waals surface area contributed by atoms with Gasteiger partial charge in [-0.05, 0) is 42.8 Å². The molecule has 2 heterocycles. The lowest BCUT2D eigenvalue weighted by Gasteiger charge is -2.08. The Hall–Kier alpha value is -3.20. The average molecular weight is 403 g/mol. The van der Waals surface area contributed by atoms with Crippen molar-refractivity contribution < 1.29 is 0 Å². The summed E-state index contributed by atoms with van der Waals surface area (Å²) in [7, 11) is 0. The average Bonchev–Trinajstić information content (AvgIpc) is 3.06. The molecule has 4 aromatic rings. The first-order chi connectivity index (χ1) is 13.7. The van der Waals surface area contributed by atoms with E-state index in [0.717, 1.165) is 32.3 Å². The largest absolute Gasteiger partial charge is 0.324 e. The number of hydrogen-bond acceptors (Lipinski definition) is 5. The van der Waals surface area contributed by atoms with Crippen molar-refractivity contribution in [3.63, 3.8) is 0 Å². The lowest BCUT2D eigenvalue weighted by molar-refractivity contribution is 1.17. The number of halogens is 1. The number of hydrogen-bond donors (Lipinski definition) is 1. The number of benzene rings is 2. The monoisotopic (exact) mass is 402 g/mol. The molecule has 0 aliphatic rings. The molecule has 0 spiro atoms. The number of nitrogens with zero attached hydrogens (tertiary/aromatic N) is 3. The Labute approximate surface area is 172 Å². The fourth-order valence-corrected chi connectivity index (χ4v) is 4.17. The Morgan fingerprint density at radius 2 is 1.79 bits per heavy atom. The van der Waals surface area contributed by atoms with Crippen LogP contribution in [0.25, 0.3) is 21.7 Å². The summed E-state index contributed by atoms with van der Waals surface area (Å²) in [5, 5.41) is 13.6. The van der Waals surface area contributed by atoms with Gasteiger partial charge in [-0.25, -0.2) is 9.97 Å². The SMILES string of the molecule is Cc1sc(-c2ccnc(Nc3ccccc3)n2)c(-c2ccc(Cl)cc2)c1C#N. The van der Waals surface area contributed by atoms with Crippen LogP contribution in [0.1, 0.15) is 10.4 Å². The highest BCUT2D eigenvalue weighted by Crippen LogP contribution is 2.42. The molecule has 4 rings (SSSR count). The third kappa shape index (κ3) is 3.61. The van der Waals surface area contributed by atoms with Crippen LogP contribution in [0, 0.1) is 18.3 Å². The number of para-hydroxylation sites is 1. The first kappa shape index (κ1) is 18.2. The summed E-state index contributed by atoms with van der Waals surface area (Å²) in [5.74, 6) is 0.510. The van der Waals surface area contributed by atoms with Crippen molar-refractivity contribution in [2.75, 3.05) is 5.32 Å². The number of aromatic nitrogens is 2. The Morgan fingerprint density at radius 1 is 1.04 bits per heavy atom. The van der Waals surface area contributed by atoms with Crippen molar-refractivity contribution in [1.29, 1.82) is 5.26 Å². The first-order valence-corrected chi connectivity index (χ1v) is 9.80. The van der Waals surface area contributed by atoms with Crippen LogP contribution in [0.2, 0.25) is 5.02 Å². The molecule has 2 aromatic carbocycles. The van der Waals surface area contributed by atoms with E-state index in [1.54, 1.807) is 17.5 Å². The summed E-state index contributed by atoms with van der Waals surface area (Å²) in [5.41, 5.74) is 4.17. The Balaban J connectivity index is 1.81. The van der Waals surface area contributed by atoms with Gasteiger partial charge >= 0.3 is 0 Å². The van der Waals surface area contributed by atoms with Crippen molar-refractivity contribution in [2.45, 2.75) is 6.92 Å². The lowest BCUT2D eigenvalue weighted by Crippen LogP contribution is -1.97. The normalized spacial score (nSPS) is 10.5. The van der Waals surface area contributed by atoms with E-state index in [-0.39, 0.29) is 0 Å². The highest BCUT2D eigenvalue weighted by molar-refractivity contribution is 7.16. The van der Waals surface area contributed by atoms with Gasteiger partial charge in [0.25, 0.3) is 0 Å². The fourth-order valence-electron chi connectivity index (χ4n) is 2.95. The summed E-state index contributed by atoms with van der Waals surface area (Å²) in [4.78, 5) is 10.9. The first-order valence-electron chi connectivity index (χ1n) is 8.60. The van der Waals surface area contributed by atoms with Gasteiger partial charge in [-0.2, -0.15) is 5.26 Å². The highest BCUT2D eigenvalue weighted by atomic mass is 35.5. The standard InChI is InChI=1S/C22H15ClN4S/c1-14-18(13-24)20(15-7-9-16(23)10-8-15)21(28-14)19-11-12-25-22(27-19)26-17-5-3-2-4-6-17/h2-12H,1H3,(H,25,26,27). The lowest BCUT2D eigenvalue weighted by atomic mass is 10.00. The van der Waals surface area contributed by atoms with Gasteiger partial charge in [-0.15, -0.1) is 11.3 Å². The van der Waals surface area contributed by atoms with Gasteiger partial charge < -0.3 is 5.32 Å². The molecule has 4 nitrogen and oxygen atoms in total. The molecule has 0 aliphatic carbocycles. The topological polar surface area (TPSA) is 61.6 Å². The van der Waals surface area contributed by atoms with Crippen LogP contribution in [0.4, 0.5) is 11.6 Å². The van der Waals surface area contributed by atoms with Crippen LogP contribution in [-0.2, 0) is 0 Å². The van der Waals surface area contributed by atoms with Gasteiger partial charge in [0, 0.05) is 27.3 Å². The van der Waals surface area contributed by atoms with E-state index in [1.807, 2.05) is 67.6 Å².